The molecule has 0 aliphatic heterocycles. The Morgan fingerprint density at radius 2 is 2.31 bits per heavy atom. The Bertz CT molecular complexity index is 384. The fraction of sp³-hybridized carbons (Fsp3) is 0.364. The van der Waals surface area contributed by atoms with Gasteiger partial charge in [0.25, 0.3) is 0 Å². The molecule has 0 fully saturated rings. The standard InChI is InChI=1S/C11H13ClFNO2/c1-2-16-11(15)6-10(14)7-3-4-9(13)8(12)5-7/h3-5,10H,2,6,14H2,1H3/t10-/m1/s1. The third kappa shape index (κ3) is 3.47. The van der Waals surface area contributed by atoms with Crippen molar-refractivity contribution in [3.05, 3.63) is 34.6 Å². The van der Waals surface area contributed by atoms with Gasteiger partial charge in [0.05, 0.1) is 18.1 Å². The van der Waals surface area contributed by atoms with Crippen molar-refractivity contribution in [2.75, 3.05) is 6.61 Å². The average molecular weight is 246 g/mol. The van der Waals surface area contributed by atoms with E-state index in [1.807, 2.05) is 0 Å². The molecule has 1 rings (SSSR count). The van der Waals surface area contributed by atoms with Gasteiger partial charge in [0.2, 0.25) is 0 Å². The lowest BCUT2D eigenvalue weighted by atomic mass is 10.0. The van der Waals surface area contributed by atoms with Crippen LogP contribution in [-0.4, -0.2) is 12.6 Å². The number of esters is 1. The highest BCUT2D eigenvalue weighted by Crippen LogP contribution is 2.21. The summed E-state index contributed by atoms with van der Waals surface area (Å²) in [5.41, 5.74) is 6.37. The van der Waals surface area contributed by atoms with Gasteiger partial charge in [0, 0.05) is 6.04 Å². The van der Waals surface area contributed by atoms with Crippen LogP contribution in [0.1, 0.15) is 24.9 Å². The van der Waals surface area contributed by atoms with Crippen molar-refractivity contribution >= 4 is 17.6 Å². The maximum atomic E-state index is 12.9. The predicted octanol–water partition coefficient (Wildman–Crippen LogP) is 2.43. The summed E-state index contributed by atoms with van der Waals surface area (Å²) in [6.07, 6.45) is 0.0514. The van der Waals surface area contributed by atoms with E-state index in [2.05, 4.69) is 0 Å². The quantitative estimate of drug-likeness (QED) is 0.829. The molecule has 0 aromatic heterocycles. The van der Waals surface area contributed by atoms with E-state index in [0.717, 1.165) is 0 Å². The first-order valence-electron chi connectivity index (χ1n) is 4.90. The molecule has 3 nitrogen and oxygen atoms in total. The summed E-state index contributed by atoms with van der Waals surface area (Å²) < 4.78 is 17.6. The second-order valence-electron chi connectivity index (χ2n) is 3.29. The molecule has 0 heterocycles. The Hall–Kier alpha value is -1.13. The average Bonchev–Trinajstić information content (AvgIpc) is 2.22. The lowest BCUT2D eigenvalue weighted by Gasteiger charge is -2.11. The van der Waals surface area contributed by atoms with Crippen LogP contribution >= 0.6 is 11.6 Å². The van der Waals surface area contributed by atoms with Gasteiger partial charge in [0.15, 0.2) is 0 Å². The second kappa shape index (κ2) is 5.82. The Kier molecular flexibility index (Phi) is 4.71. The highest BCUT2D eigenvalue weighted by atomic mass is 35.5. The molecule has 0 saturated heterocycles. The minimum Gasteiger partial charge on any atom is -0.466 e. The third-order valence-electron chi connectivity index (χ3n) is 2.06. The van der Waals surface area contributed by atoms with Gasteiger partial charge in [0.1, 0.15) is 5.82 Å². The van der Waals surface area contributed by atoms with Gasteiger partial charge in [-0.2, -0.15) is 0 Å². The van der Waals surface area contributed by atoms with Gasteiger partial charge < -0.3 is 10.5 Å². The summed E-state index contributed by atoms with van der Waals surface area (Å²) in [6, 6.07) is 3.62. The van der Waals surface area contributed by atoms with E-state index in [1.165, 1.54) is 18.2 Å². The molecule has 1 atom stereocenters. The van der Waals surface area contributed by atoms with Crippen LogP contribution in [0, 0.1) is 5.82 Å². The van der Waals surface area contributed by atoms with Crippen LogP contribution in [0.4, 0.5) is 4.39 Å². The van der Waals surface area contributed by atoms with Crippen molar-refractivity contribution in [3.8, 4) is 0 Å². The van der Waals surface area contributed by atoms with Crippen LogP contribution in [-0.2, 0) is 9.53 Å². The number of nitrogens with two attached hydrogens (primary N) is 1. The van der Waals surface area contributed by atoms with Crippen molar-refractivity contribution in [2.24, 2.45) is 5.73 Å². The van der Waals surface area contributed by atoms with Crippen molar-refractivity contribution in [1.82, 2.24) is 0 Å². The Labute approximate surface area is 98.3 Å². The minimum absolute atomic E-state index is 0.00295. The van der Waals surface area contributed by atoms with E-state index in [0.29, 0.717) is 12.2 Å². The molecule has 0 aliphatic carbocycles. The van der Waals surface area contributed by atoms with Crippen LogP contribution in [0.15, 0.2) is 18.2 Å². The zero-order chi connectivity index (χ0) is 12.1. The maximum Gasteiger partial charge on any atom is 0.307 e. The van der Waals surface area contributed by atoms with E-state index >= 15 is 0 Å². The molecule has 0 radical (unpaired) electrons. The zero-order valence-corrected chi connectivity index (χ0v) is 9.63. The van der Waals surface area contributed by atoms with Gasteiger partial charge >= 0.3 is 5.97 Å². The zero-order valence-electron chi connectivity index (χ0n) is 8.87. The van der Waals surface area contributed by atoms with Crippen molar-refractivity contribution < 1.29 is 13.9 Å². The summed E-state index contributed by atoms with van der Waals surface area (Å²) in [7, 11) is 0. The Morgan fingerprint density at radius 3 is 2.88 bits per heavy atom. The number of carbonyl (C=O) groups excluding carboxylic acids is 1. The molecule has 0 unspecified atom stereocenters. The molecule has 1 aromatic carbocycles. The number of benzene rings is 1. The molecule has 0 spiro atoms. The van der Waals surface area contributed by atoms with Gasteiger partial charge in [-0.25, -0.2) is 4.39 Å². The molecular weight excluding hydrogens is 233 g/mol. The normalized spacial score (nSPS) is 12.2. The van der Waals surface area contributed by atoms with E-state index in [-0.39, 0.29) is 17.4 Å². The van der Waals surface area contributed by atoms with Crippen molar-refractivity contribution in [3.63, 3.8) is 0 Å². The summed E-state index contributed by atoms with van der Waals surface area (Å²) >= 11 is 5.61. The van der Waals surface area contributed by atoms with Crippen molar-refractivity contribution in [2.45, 2.75) is 19.4 Å². The highest BCUT2D eigenvalue weighted by Gasteiger charge is 2.13. The van der Waals surface area contributed by atoms with Crippen LogP contribution in [0.3, 0.4) is 0 Å². The highest BCUT2D eigenvalue weighted by molar-refractivity contribution is 6.30. The van der Waals surface area contributed by atoms with E-state index in [1.54, 1.807) is 6.92 Å². The molecular formula is C11H13ClFNO2. The number of halogens is 2. The van der Waals surface area contributed by atoms with Gasteiger partial charge in [-0.15, -0.1) is 0 Å². The fourth-order valence-corrected chi connectivity index (χ4v) is 1.45. The summed E-state index contributed by atoms with van der Waals surface area (Å²) in [5.74, 6) is -0.885. The van der Waals surface area contributed by atoms with Crippen LogP contribution < -0.4 is 5.73 Å². The monoisotopic (exact) mass is 245 g/mol. The third-order valence-corrected chi connectivity index (χ3v) is 2.35. The number of hydrogen-bond acceptors (Lipinski definition) is 3. The predicted molar refractivity (Wildman–Crippen MR) is 59.6 cm³/mol. The topological polar surface area (TPSA) is 52.3 Å². The van der Waals surface area contributed by atoms with E-state index < -0.39 is 11.9 Å². The lowest BCUT2D eigenvalue weighted by Crippen LogP contribution is -2.17. The van der Waals surface area contributed by atoms with Gasteiger partial charge in [-0.3, -0.25) is 4.79 Å². The Morgan fingerprint density at radius 1 is 1.62 bits per heavy atom. The lowest BCUT2D eigenvalue weighted by molar-refractivity contribution is -0.143. The van der Waals surface area contributed by atoms with Crippen LogP contribution in [0.5, 0.6) is 0 Å². The van der Waals surface area contributed by atoms with Crippen LogP contribution in [0.2, 0.25) is 5.02 Å². The van der Waals surface area contributed by atoms with E-state index in [4.69, 9.17) is 22.1 Å². The van der Waals surface area contributed by atoms with Crippen molar-refractivity contribution in [1.29, 1.82) is 0 Å². The molecule has 2 N–H and O–H groups in total. The maximum absolute atomic E-state index is 12.9. The number of hydrogen-bond donors (Lipinski definition) is 1. The van der Waals surface area contributed by atoms with Gasteiger partial charge in [-0.1, -0.05) is 17.7 Å². The SMILES string of the molecule is CCOC(=O)C[C@@H](N)c1ccc(F)c(Cl)c1. The minimum atomic E-state index is -0.530. The first kappa shape index (κ1) is 12.9. The van der Waals surface area contributed by atoms with E-state index in [9.17, 15) is 9.18 Å². The molecule has 0 amide bonds. The Balaban J connectivity index is 2.69. The molecule has 0 bridgehead atoms. The molecule has 0 aliphatic rings. The number of carbonyl (C=O) groups is 1. The van der Waals surface area contributed by atoms with Gasteiger partial charge in [-0.05, 0) is 24.6 Å². The molecule has 5 heteroatoms. The number of ether oxygens (including phenoxy) is 1. The summed E-state index contributed by atoms with van der Waals surface area (Å²) in [4.78, 5) is 11.2. The molecule has 16 heavy (non-hydrogen) atoms. The number of rotatable bonds is 4. The first-order valence-corrected chi connectivity index (χ1v) is 5.28. The largest absolute Gasteiger partial charge is 0.466 e. The smallest absolute Gasteiger partial charge is 0.307 e. The van der Waals surface area contributed by atoms with Crippen LogP contribution in [0.25, 0.3) is 0 Å². The summed E-state index contributed by atoms with van der Waals surface area (Å²) in [5, 5.41) is -0.00295. The fourth-order valence-electron chi connectivity index (χ4n) is 1.26. The first-order chi connectivity index (χ1) is 7.54. The molecule has 0 saturated carbocycles. The molecule has 88 valence electrons. The summed E-state index contributed by atoms with van der Waals surface area (Å²) in [6.45, 7) is 2.04. The molecule has 1 aromatic rings. The second-order valence-corrected chi connectivity index (χ2v) is 3.70.